The molecule has 0 amide bonds. The van der Waals surface area contributed by atoms with Crippen molar-refractivity contribution in [1.82, 2.24) is 20.2 Å². The maximum Gasteiger partial charge on any atom is 0.255 e. The van der Waals surface area contributed by atoms with Crippen LogP contribution in [0.4, 0.5) is 0 Å². The van der Waals surface area contributed by atoms with Crippen molar-refractivity contribution in [2.45, 2.75) is 11.7 Å². The van der Waals surface area contributed by atoms with E-state index in [0.29, 0.717) is 6.54 Å². The van der Waals surface area contributed by atoms with Crippen molar-refractivity contribution in [2.75, 3.05) is 0 Å². The van der Waals surface area contributed by atoms with Crippen LogP contribution in [0.2, 0.25) is 0 Å². The third-order valence-corrected chi connectivity index (χ3v) is 2.51. The van der Waals surface area contributed by atoms with Gasteiger partial charge in [-0.2, -0.15) is 0 Å². The molecule has 2 N–H and O–H groups in total. The summed E-state index contributed by atoms with van der Waals surface area (Å²) in [6, 6.07) is 9.62. The van der Waals surface area contributed by atoms with Crippen LogP contribution >= 0.6 is 0 Å². The Kier molecular flexibility index (Phi) is 2.84. The van der Waals surface area contributed by atoms with E-state index in [9.17, 15) is 4.21 Å². The highest BCUT2D eigenvalue weighted by molar-refractivity contribution is 7.82. The van der Waals surface area contributed by atoms with Crippen molar-refractivity contribution in [3.05, 3.63) is 35.9 Å². The van der Waals surface area contributed by atoms with Gasteiger partial charge in [0.05, 0.1) is 6.54 Å². The number of hydrogen-bond acceptors (Lipinski definition) is 4. The largest absolute Gasteiger partial charge is 0.255 e. The molecule has 78 valence electrons. The lowest BCUT2D eigenvalue weighted by Gasteiger charge is -2.01. The number of rotatable bonds is 3. The molecule has 1 aromatic heterocycles. The summed E-state index contributed by atoms with van der Waals surface area (Å²) in [5.74, 6) is 0. The normalized spacial score (nSPS) is 12.6. The molecule has 0 radical (unpaired) electrons. The summed E-state index contributed by atoms with van der Waals surface area (Å²) >= 11 is 0. The van der Waals surface area contributed by atoms with E-state index in [2.05, 4.69) is 15.5 Å². The number of nitrogens with zero attached hydrogens (tertiary/aromatic N) is 4. The Labute approximate surface area is 88.7 Å². The highest BCUT2D eigenvalue weighted by Crippen LogP contribution is 2.03. The Hall–Kier alpha value is -1.60. The molecule has 0 aliphatic rings. The first-order valence-electron chi connectivity index (χ1n) is 4.23. The Bertz CT molecular complexity index is 469. The third-order valence-electron chi connectivity index (χ3n) is 1.85. The first kappa shape index (κ1) is 9.94. The van der Waals surface area contributed by atoms with E-state index in [1.807, 2.05) is 30.3 Å². The Morgan fingerprint density at radius 3 is 2.73 bits per heavy atom. The number of tetrazole rings is 1. The summed E-state index contributed by atoms with van der Waals surface area (Å²) < 4.78 is 12.5. The molecule has 0 aliphatic heterocycles. The van der Waals surface area contributed by atoms with Crippen LogP contribution in [0.5, 0.6) is 0 Å². The number of aromatic nitrogens is 4. The monoisotopic (exact) mass is 223 g/mol. The second-order valence-electron chi connectivity index (χ2n) is 2.90. The smallest absolute Gasteiger partial charge is 0.245 e. The van der Waals surface area contributed by atoms with Gasteiger partial charge in [-0.25, -0.2) is 14.0 Å². The topological polar surface area (TPSA) is 86.7 Å². The summed E-state index contributed by atoms with van der Waals surface area (Å²) in [7, 11) is -1.66. The van der Waals surface area contributed by atoms with Crippen LogP contribution < -0.4 is 5.14 Å². The molecule has 0 saturated carbocycles. The van der Waals surface area contributed by atoms with Crippen LogP contribution in [0.1, 0.15) is 5.56 Å². The highest BCUT2D eigenvalue weighted by atomic mass is 32.2. The SMILES string of the molecule is NS(=O)c1nnnn1Cc1ccccc1. The van der Waals surface area contributed by atoms with Gasteiger partial charge >= 0.3 is 0 Å². The van der Waals surface area contributed by atoms with Crippen molar-refractivity contribution < 1.29 is 4.21 Å². The molecule has 6 nitrogen and oxygen atoms in total. The van der Waals surface area contributed by atoms with Crippen molar-refractivity contribution in [1.29, 1.82) is 0 Å². The van der Waals surface area contributed by atoms with Crippen molar-refractivity contribution in [3.8, 4) is 0 Å². The number of hydrogen-bond donors (Lipinski definition) is 1. The molecular weight excluding hydrogens is 214 g/mol. The van der Waals surface area contributed by atoms with E-state index < -0.39 is 11.0 Å². The van der Waals surface area contributed by atoms with Gasteiger partial charge in [0.2, 0.25) is 0 Å². The minimum absolute atomic E-state index is 0.179. The first-order valence-corrected chi connectivity index (χ1v) is 5.45. The van der Waals surface area contributed by atoms with Crippen molar-refractivity contribution in [3.63, 3.8) is 0 Å². The second-order valence-corrected chi connectivity index (χ2v) is 3.86. The zero-order chi connectivity index (χ0) is 10.7. The molecule has 1 unspecified atom stereocenters. The van der Waals surface area contributed by atoms with Gasteiger partial charge in [0.15, 0.2) is 11.0 Å². The summed E-state index contributed by atoms with van der Waals surface area (Å²) in [5, 5.41) is 16.1. The summed E-state index contributed by atoms with van der Waals surface area (Å²) in [6.07, 6.45) is 0. The fourth-order valence-electron chi connectivity index (χ4n) is 1.20. The fraction of sp³-hybridized carbons (Fsp3) is 0.125. The summed E-state index contributed by atoms with van der Waals surface area (Å²) in [5.41, 5.74) is 1.02. The van der Waals surface area contributed by atoms with Gasteiger partial charge in [0, 0.05) is 0 Å². The molecule has 1 atom stereocenters. The zero-order valence-corrected chi connectivity index (χ0v) is 8.59. The number of nitrogens with two attached hydrogens (primary N) is 1. The van der Waals surface area contributed by atoms with Gasteiger partial charge in [-0.3, -0.25) is 0 Å². The molecule has 2 rings (SSSR count). The molecular formula is C8H9N5OS. The lowest BCUT2D eigenvalue weighted by Crippen LogP contribution is -2.13. The average Bonchev–Trinajstić information content (AvgIpc) is 2.67. The summed E-state index contributed by atoms with van der Waals surface area (Å²) in [6.45, 7) is 0.464. The zero-order valence-electron chi connectivity index (χ0n) is 7.78. The third kappa shape index (κ3) is 2.25. The predicted octanol–water partition coefficient (Wildman–Crippen LogP) is -0.297. The molecule has 0 spiro atoms. The van der Waals surface area contributed by atoms with E-state index in [1.54, 1.807) is 0 Å². The average molecular weight is 223 g/mol. The molecule has 2 aromatic rings. The molecule has 0 aliphatic carbocycles. The maximum absolute atomic E-state index is 11.0. The molecule has 0 bridgehead atoms. The molecule has 1 heterocycles. The van der Waals surface area contributed by atoms with Gasteiger partial charge in [-0.15, -0.1) is 0 Å². The Balaban J connectivity index is 2.25. The standard InChI is InChI=1S/C8H9N5OS/c9-15(14)8-10-11-12-13(8)6-7-4-2-1-3-5-7/h1-5H,6,9H2. The molecule has 1 aromatic carbocycles. The van der Waals surface area contributed by atoms with Crippen LogP contribution in [-0.2, 0) is 17.5 Å². The summed E-state index contributed by atoms with van der Waals surface area (Å²) in [4.78, 5) is 0. The molecule has 15 heavy (non-hydrogen) atoms. The van der Waals surface area contributed by atoms with E-state index in [0.717, 1.165) is 5.56 Å². The van der Waals surface area contributed by atoms with Gasteiger partial charge in [-0.1, -0.05) is 35.4 Å². The first-order chi connectivity index (χ1) is 7.27. The van der Waals surface area contributed by atoms with Crippen LogP contribution in [0.3, 0.4) is 0 Å². The minimum atomic E-state index is -1.66. The fourth-order valence-corrected chi connectivity index (χ4v) is 1.62. The van der Waals surface area contributed by atoms with Gasteiger partial charge in [0.25, 0.3) is 5.16 Å². The van der Waals surface area contributed by atoms with Crippen molar-refractivity contribution >= 4 is 11.0 Å². The van der Waals surface area contributed by atoms with E-state index in [1.165, 1.54) is 4.68 Å². The predicted molar refractivity (Wildman–Crippen MR) is 54.0 cm³/mol. The van der Waals surface area contributed by atoms with Crippen LogP contribution in [0, 0.1) is 0 Å². The van der Waals surface area contributed by atoms with Gasteiger partial charge in [-0.05, 0) is 16.0 Å². The quantitative estimate of drug-likeness (QED) is 0.774. The van der Waals surface area contributed by atoms with E-state index in [4.69, 9.17) is 5.14 Å². The molecule has 0 saturated heterocycles. The number of benzene rings is 1. The lowest BCUT2D eigenvalue weighted by molar-refractivity contribution is 0.590. The van der Waals surface area contributed by atoms with Gasteiger partial charge < -0.3 is 0 Å². The van der Waals surface area contributed by atoms with Crippen molar-refractivity contribution in [2.24, 2.45) is 5.14 Å². The minimum Gasteiger partial charge on any atom is -0.245 e. The van der Waals surface area contributed by atoms with Crippen LogP contribution in [0.25, 0.3) is 0 Å². The molecule has 0 fully saturated rings. The van der Waals surface area contributed by atoms with Crippen LogP contribution in [-0.4, -0.2) is 24.4 Å². The van der Waals surface area contributed by atoms with E-state index in [-0.39, 0.29) is 5.16 Å². The van der Waals surface area contributed by atoms with Crippen LogP contribution in [0.15, 0.2) is 35.5 Å². The van der Waals surface area contributed by atoms with E-state index >= 15 is 0 Å². The Morgan fingerprint density at radius 2 is 2.07 bits per heavy atom. The lowest BCUT2D eigenvalue weighted by atomic mass is 10.2. The van der Waals surface area contributed by atoms with Gasteiger partial charge in [0.1, 0.15) is 0 Å². The Morgan fingerprint density at radius 1 is 1.33 bits per heavy atom. The second kappa shape index (κ2) is 4.28. The highest BCUT2D eigenvalue weighted by Gasteiger charge is 2.09. The maximum atomic E-state index is 11.0. The molecule has 7 heteroatoms.